The quantitative estimate of drug-likeness (QED) is 0.410. The number of para-hydroxylation sites is 2. The summed E-state index contributed by atoms with van der Waals surface area (Å²) >= 11 is 0. The third-order valence-corrected chi connectivity index (χ3v) is 4.63. The second-order valence-corrected chi connectivity index (χ2v) is 6.70. The van der Waals surface area contributed by atoms with Crippen molar-refractivity contribution in [3.8, 4) is 5.75 Å². The molecule has 0 aliphatic carbocycles. The van der Waals surface area contributed by atoms with E-state index in [0.717, 1.165) is 37.0 Å². The summed E-state index contributed by atoms with van der Waals surface area (Å²) in [6, 6.07) is 16.8. The lowest BCUT2D eigenvalue weighted by molar-refractivity contribution is 0.290. The third-order valence-electron chi connectivity index (χ3n) is 4.63. The molecule has 0 fully saturated rings. The molecule has 2 aromatic carbocycles. The molecular weight excluding hydrogens is 339 g/mol. The van der Waals surface area contributed by atoms with E-state index in [0.29, 0.717) is 12.4 Å². The normalized spacial score (nSPS) is 10.9. The number of hydrogen-bond acceptors (Lipinski definition) is 3. The Morgan fingerprint density at radius 1 is 0.815 bits per heavy atom. The molecule has 0 bridgehead atoms. The molecule has 142 valence electrons. The van der Waals surface area contributed by atoms with Crippen molar-refractivity contribution in [2.24, 2.45) is 0 Å². The van der Waals surface area contributed by atoms with Gasteiger partial charge in [0.25, 0.3) is 0 Å². The van der Waals surface area contributed by atoms with E-state index in [-0.39, 0.29) is 5.82 Å². The Balaban J connectivity index is 1.23. The summed E-state index contributed by atoms with van der Waals surface area (Å²) in [5, 5.41) is 4.70. The number of aromatic nitrogens is 1. The minimum atomic E-state index is -0.285. The molecule has 0 atom stereocenters. The molecule has 1 N–H and O–H groups in total. The number of ether oxygens (including phenoxy) is 1. The molecule has 0 radical (unpaired) electrons. The van der Waals surface area contributed by atoms with Gasteiger partial charge in [-0.3, -0.25) is 4.98 Å². The highest BCUT2D eigenvalue weighted by Crippen LogP contribution is 2.21. The van der Waals surface area contributed by atoms with Gasteiger partial charge in [0, 0.05) is 23.8 Å². The van der Waals surface area contributed by atoms with E-state index in [1.54, 1.807) is 18.2 Å². The highest BCUT2D eigenvalue weighted by atomic mass is 19.1. The first-order valence-electron chi connectivity index (χ1n) is 9.79. The van der Waals surface area contributed by atoms with Crippen molar-refractivity contribution < 1.29 is 9.13 Å². The van der Waals surface area contributed by atoms with Gasteiger partial charge in [-0.25, -0.2) is 4.39 Å². The Morgan fingerprint density at radius 2 is 1.56 bits per heavy atom. The van der Waals surface area contributed by atoms with Crippen LogP contribution in [0.4, 0.5) is 10.1 Å². The number of rotatable bonds is 11. The van der Waals surface area contributed by atoms with Crippen LogP contribution in [0.5, 0.6) is 5.75 Å². The first-order valence-corrected chi connectivity index (χ1v) is 9.79. The van der Waals surface area contributed by atoms with E-state index < -0.39 is 0 Å². The number of nitrogens with zero attached hydrogens (tertiary/aromatic N) is 1. The summed E-state index contributed by atoms with van der Waals surface area (Å²) in [6.07, 6.45) is 8.73. The molecule has 0 saturated heterocycles. The van der Waals surface area contributed by atoms with E-state index in [9.17, 15) is 4.39 Å². The number of pyridine rings is 1. The number of unbranched alkanes of at least 4 members (excludes halogenated alkanes) is 5. The minimum Gasteiger partial charge on any atom is -0.491 e. The van der Waals surface area contributed by atoms with Crippen LogP contribution in [-0.4, -0.2) is 18.1 Å². The van der Waals surface area contributed by atoms with Crippen molar-refractivity contribution in [2.75, 3.05) is 18.5 Å². The van der Waals surface area contributed by atoms with Crippen molar-refractivity contribution in [3.05, 3.63) is 66.6 Å². The maximum Gasteiger partial charge on any atom is 0.165 e. The van der Waals surface area contributed by atoms with E-state index in [1.165, 1.54) is 30.7 Å². The standard InChI is InChI=1S/C23H27FN2O/c24-20-12-6-8-14-23(20)27-18-10-4-2-1-3-9-16-25-22-15-17-26-21-13-7-5-11-19(21)22/h5-8,11-15,17H,1-4,9-10,16,18H2,(H,25,26). The average molecular weight is 366 g/mol. The Bertz CT molecular complexity index is 832. The molecule has 0 amide bonds. The third kappa shape index (κ3) is 5.95. The molecule has 1 aromatic heterocycles. The van der Waals surface area contributed by atoms with E-state index in [2.05, 4.69) is 16.4 Å². The molecular formula is C23H27FN2O. The molecule has 3 aromatic rings. The molecule has 3 rings (SSSR count). The lowest BCUT2D eigenvalue weighted by Gasteiger charge is -2.09. The van der Waals surface area contributed by atoms with E-state index >= 15 is 0 Å². The van der Waals surface area contributed by atoms with Crippen LogP contribution in [-0.2, 0) is 0 Å². The summed E-state index contributed by atoms with van der Waals surface area (Å²) in [4.78, 5) is 4.39. The van der Waals surface area contributed by atoms with Crippen LogP contribution in [0.2, 0.25) is 0 Å². The maximum atomic E-state index is 13.4. The van der Waals surface area contributed by atoms with Gasteiger partial charge in [0.2, 0.25) is 0 Å². The number of benzene rings is 2. The first-order chi connectivity index (χ1) is 13.3. The lowest BCUT2D eigenvalue weighted by atomic mass is 10.1. The van der Waals surface area contributed by atoms with Gasteiger partial charge in [0.15, 0.2) is 11.6 Å². The zero-order valence-corrected chi connectivity index (χ0v) is 15.7. The number of fused-ring (bicyclic) bond motifs is 1. The van der Waals surface area contributed by atoms with Gasteiger partial charge < -0.3 is 10.1 Å². The Morgan fingerprint density at radius 3 is 2.44 bits per heavy atom. The van der Waals surface area contributed by atoms with E-state index in [4.69, 9.17) is 4.74 Å². The SMILES string of the molecule is Fc1ccccc1OCCCCCCCCNc1ccnc2ccccc12. The Kier molecular flexibility index (Phi) is 7.45. The van der Waals surface area contributed by atoms with Gasteiger partial charge >= 0.3 is 0 Å². The molecule has 0 saturated carbocycles. The second-order valence-electron chi connectivity index (χ2n) is 6.70. The topological polar surface area (TPSA) is 34.1 Å². The molecule has 0 aliphatic heterocycles. The van der Waals surface area contributed by atoms with Gasteiger partial charge in [-0.1, -0.05) is 56.0 Å². The summed E-state index contributed by atoms with van der Waals surface area (Å²) < 4.78 is 18.9. The molecule has 27 heavy (non-hydrogen) atoms. The predicted molar refractivity (Wildman–Crippen MR) is 110 cm³/mol. The van der Waals surface area contributed by atoms with Crippen LogP contribution in [0.1, 0.15) is 38.5 Å². The zero-order chi connectivity index (χ0) is 18.7. The maximum absolute atomic E-state index is 13.4. The highest BCUT2D eigenvalue weighted by molar-refractivity contribution is 5.90. The van der Waals surface area contributed by atoms with Gasteiger partial charge in [0.05, 0.1) is 12.1 Å². The van der Waals surface area contributed by atoms with Crippen LogP contribution in [0.15, 0.2) is 60.8 Å². The molecule has 4 heteroatoms. The number of anilines is 1. The fourth-order valence-electron chi connectivity index (χ4n) is 3.15. The highest BCUT2D eigenvalue weighted by Gasteiger charge is 2.01. The van der Waals surface area contributed by atoms with Crippen LogP contribution >= 0.6 is 0 Å². The van der Waals surface area contributed by atoms with Crippen LogP contribution in [0.3, 0.4) is 0 Å². The first kappa shape index (κ1) is 19.2. The van der Waals surface area contributed by atoms with Crippen LogP contribution < -0.4 is 10.1 Å². The summed E-state index contributed by atoms with van der Waals surface area (Å²) in [5.41, 5.74) is 2.19. The van der Waals surface area contributed by atoms with Gasteiger partial charge in [-0.2, -0.15) is 0 Å². The summed E-state index contributed by atoms with van der Waals surface area (Å²) in [6.45, 7) is 1.56. The molecule has 0 spiro atoms. The summed E-state index contributed by atoms with van der Waals surface area (Å²) in [7, 11) is 0. The molecule has 0 unspecified atom stereocenters. The van der Waals surface area contributed by atoms with Crippen molar-refractivity contribution >= 4 is 16.6 Å². The van der Waals surface area contributed by atoms with Crippen molar-refractivity contribution in [1.29, 1.82) is 0 Å². The Hall–Kier alpha value is -2.62. The number of hydrogen-bond donors (Lipinski definition) is 1. The predicted octanol–water partition coefficient (Wildman–Crippen LogP) is 6.21. The fraction of sp³-hybridized carbons (Fsp3) is 0.348. The molecule has 3 nitrogen and oxygen atoms in total. The monoisotopic (exact) mass is 366 g/mol. The second kappa shape index (κ2) is 10.5. The van der Waals surface area contributed by atoms with Crippen molar-refractivity contribution in [1.82, 2.24) is 4.98 Å². The molecule has 0 aliphatic rings. The number of halogens is 1. The number of nitrogens with one attached hydrogen (secondary N) is 1. The van der Waals surface area contributed by atoms with E-state index in [1.807, 2.05) is 30.5 Å². The zero-order valence-electron chi connectivity index (χ0n) is 15.7. The Labute approximate surface area is 160 Å². The molecule has 1 heterocycles. The van der Waals surface area contributed by atoms with Gasteiger partial charge in [-0.15, -0.1) is 0 Å². The summed E-state index contributed by atoms with van der Waals surface area (Å²) in [5.74, 6) is 0.0687. The lowest BCUT2D eigenvalue weighted by Crippen LogP contribution is -2.02. The largest absolute Gasteiger partial charge is 0.491 e. The fourth-order valence-corrected chi connectivity index (χ4v) is 3.15. The van der Waals surface area contributed by atoms with Crippen LogP contribution in [0.25, 0.3) is 10.9 Å². The van der Waals surface area contributed by atoms with Gasteiger partial charge in [0.1, 0.15) is 0 Å². The van der Waals surface area contributed by atoms with Crippen molar-refractivity contribution in [2.45, 2.75) is 38.5 Å². The average Bonchev–Trinajstić information content (AvgIpc) is 2.71. The van der Waals surface area contributed by atoms with Crippen molar-refractivity contribution in [3.63, 3.8) is 0 Å². The minimum absolute atomic E-state index is 0.285. The van der Waals surface area contributed by atoms with Gasteiger partial charge in [-0.05, 0) is 37.1 Å². The van der Waals surface area contributed by atoms with Crippen LogP contribution in [0, 0.1) is 5.82 Å². The smallest absolute Gasteiger partial charge is 0.165 e.